The van der Waals surface area contributed by atoms with Crippen molar-refractivity contribution in [3.63, 3.8) is 0 Å². The van der Waals surface area contributed by atoms with Gasteiger partial charge in [-0.1, -0.05) is 6.92 Å². The van der Waals surface area contributed by atoms with Gasteiger partial charge < -0.3 is 4.74 Å². The summed E-state index contributed by atoms with van der Waals surface area (Å²) in [6.07, 6.45) is 9.50. The van der Waals surface area contributed by atoms with Crippen molar-refractivity contribution in [3.8, 4) is 0 Å². The van der Waals surface area contributed by atoms with Gasteiger partial charge in [-0.15, -0.1) is 0 Å². The summed E-state index contributed by atoms with van der Waals surface area (Å²) in [5, 5.41) is 0. The van der Waals surface area contributed by atoms with Crippen LogP contribution in [0.3, 0.4) is 0 Å². The van der Waals surface area contributed by atoms with Gasteiger partial charge in [-0.2, -0.15) is 0 Å². The molecule has 2 nitrogen and oxygen atoms in total. The minimum atomic E-state index is 0.433. The fourth-order valence-electron chi connectivity index (χ4n) is 2.48. The van der Waals surface area contributed by atoms with Crippen LogP contribution < -0.4 is 0 Å². The van der Waals surface area contributed by atoms with Crippen molar-refractivity contribution < 1.29 is 4.74 Å². The molecule has 0 N–H and O–H groups in total. The van der Waals surface area contributed by atoms with Crippen molar-refractivity contribution in [3.05, 3.63) is 12.3 Å². The molecule has 0 aliphatic carbocycles. The summed E-state index contributed by atoms with van der Waals surface area (Å²) in [6.45, 7) is 4.82. The Bertz CT molecular complexity index is 175. The molecule has 0 aromatic heterocycles. The molecule has 2 heteroatoms. The van der Waals surface area contributed by atoms with Gasteiger partial charge in [-0.3, -0.25) is 4.90 Å². The van der Waals surface area contributed by atoms with E-state index < -0.39 is 0 Å². The Kier molecular flexibility index (Phi) is 2.89. The van der Waals surface area contributed by atoms with Gasteiger partial charge in [0.25, 0.3) is 0 Å². The van der Waals surface area contributed by atoms with Crippen LogP contribution in [0.15, 0.2) is 12.3 Å². The summed E-state index contributed by atoms with van der Waals surface area (Å²) in [5.74, 6) is 0. The lowest BCUT2D eigenvalue weighted by Gasteiger charge is -2.30. The Morgan fingerprint density at radius 2 is 2.23 bits per heavy atom. The lowest BCUT2D eigenvalue weighted by atomic mass is 10.0. The summed E-state index contributed by atoms with van der Waals surface area (Å²) < 4.78 is 5.60. The number of ether oxygens (including phenoxy) is 1. The number of likely N-dealkylation sites (tertiary alicyclic amines) is 1. The molecule has 0 aromatic carbocycles. The van der Waals surface area contributed by atoms with Gasteiger partial charge >= 0.3 is 0 Å². The zero-order chi connectivity index (χ0) is 9.10. The predicted molar refractivity (Wildman–Crippen MR) is 53.5 cm³/mol. The van der Waals surface area contributed by atoms with Crippen molar-refractivity contribution in [2.24, 2.45) is 0 Å². The van der Waals surface area contributed by atoms with Gasteiger partial charge in [0.1, 0.15) is 6.10 Å². The Morgan fingerprint density at radius 3 is 2.77 bits per heavy atom. The van der Waals surface area contributed by atoms with Gasteiger partial charge in [0, 0.05) is 12.5 Å². The number of rotatable bonds is 3. The predicted octanol–water partition coefficient (Wildman–Crippen LogP) is 2.16. The maximum absolute atomic E-state index is 5.60. The van der Waals surface area contributed by atoms with Crippen LogP contribution in [-0.2, 0) is 4.74 Å². The first-order valence-electron chi connectivity index (χ1n) is 5.46. The SMILES string of the molecule is CCC(C1CC=CO1)N1CCCC1. The standard InChI is InChI=1S/C11H19NO/c1-2-10(11-6-5-9-13-11)12-7-3-4-8-12/h5,9-11H,2-4,6-8H2,1H3. The first kappa shape index (κ1) is 9.07. The lowest BCUT2D eigenvalue weighted by molar-refractivity contribution is 0.0620. The molecule has 2 rings (SSSR count). The molecule has 2 unspecified atom stereocenters. The molecule has 2 aliphatic heterocycles. The van der Waals surface area contributed by atoms with Gasteiger partial charge in [0.05, 0.1) is 6.26 Å². The molecule has 2 aliphatic rings. The molecule has 1 saturated heterocycles. The van der Waals surface area contributed by atoms with Gasteiger partial charge in [-0.25, -0.2) is 0 Å². The fourth-order valence-corrected chi connectivity index (χ4v) is 2.48. The normalized spacial score (nSPS) is 30.7. The average Bonchev–Trinajstić information content (AvgIpc) is 2.76. The third-order valence-electron chi connectivity index (χ3n) is 3.18. The van der Waals surface area contributed by atoms with E-state index in [1.807, 2.05) is 6.26 Å². The minimum absolute atomic E-state index is 0.433. The zero-order valence-corrected chi connectivity index (χ0v) is 8.41. The van der Waals surface area contributed by atoms with E-state index in [0.29, 0.717) is 12.1 Å². The van der Waals surface area contributed by atoms with Crippen LogP contribution in [0.5, 0.6) is 0 Å². The van der Waals surface area contributed by atoms with E-state index in [1.165, 1.54) is 32.4 Å². The largest absolute Gasteiger partial charge is 0.496 e. The van der Waals surface area contributed by atoms with Crippen molar-refractivity contribution in [1.82, 2.24) is 4.90 Å². The van der Waals surface area contributed by atoms with Crippen molar-refractivity contribution in [2.75, 3.05) is 13.1 Å². The second-order valence-corrected chi connectivity index (χ2v) is 4.00. The second kappa shape index (κ2) is 4.14. The third kappa shape index (κ3) is 1.88. The molecule has 0 radical (unpaired) electrons. The first-order chi connectivity index (χ1) is 6.42. The maximum Gasteiger partial charge on any atom is 0.117 e. The van der Waals surface area contributed by atoms with Gasteiger partial charge in [0.15, 0.2) is 0 Å². The topological polar surface area (TPSA) is 12.5 Å². The molecular weight excluding hydrogens is 162 g/mol. The average molecular weight is 181 g/mol. The first-order valence-corrected chi connectivity index (χ1v) is 5.46. The van der Waals surface area contributed by atoms with Crippen LogP contribution in [0.25, 0.3) is 0 Å². The Hall–Kier alpha value is -0.500. The molecule has 1 fully saturated rings. The second-order valence-electron chi connectivity index (χ2n) is 4.00. The summed E-state index contributed by atoms with van der Waals surface area (Å²) >= 11 is 0. The van der Waals surface area contributed by atoms with Crippen LogP contribution in [0, 0.1) is 0 Å². The minimum Gasteiger partial charge on any atom is -0.496 e. The Labute approximate surface area is 80.6 Å². The van der Waals surface area contributed by atoms with E-state index >= 15 is 0 Å². The zero-order valence-electron chi connectivity index (χ0n) is 8.41. The molecule has 13 heavy (non-hydrogen) atoms. The van der Waals surface area contributed by atoms with E-state index in [0.717, 1.165) is 6.42 Å². The fraction of sp³-hybridized carbons (Fsp3) is 0.818. The number of nitrogens with zero attached hydrogens (tertiary/aromatic N) is 1. The van der Waals surface area contributed by atoms with Gasteiger partial charge in [-0.05, 0) is 38.4 Å². The Balaban J connectivity index is 1.91. The molecule has 0 spiro atoms. The molecular formula is C11H19NO. The van der Waals surface area contributed by atoms with Crippen LogP contribution in [0.4, 0.5) is 0 Å². The smallest absolute Gasteiger partial charge is 0.117 e. The molecule has 2 atom stereocenters. The van der Waals surface area contributed by atoms with E-state index in [4.69, 9.17) is 4.74 Å². The van der Waals surface area contributed by atoms with Crippen molar-refractivity contribution in [1.29, 1.82) is 0 Å². The molecule has 0 amide bonds. The van der Waals surface area contributed by atoms with Crippen LogP contribution >= 0.6 is 0 Å². The highest BCUT2D eigenvalue weighted by atomic mass is 16.5. The lowest BCUT2D eigenvalue weighted by Crippen LogP contribution is -2.41. The summed E-state index contributed by atoms with van der Waals surface area (Å²) in [7, 11) is 0. The molecule has 2 heterocycles. The summed E-state index contributed by atoms with van der Waals surface area (Å²) in [5.41, 5.74) is 0. The maximum atomic E-state index is 5.60. The monoisotopic (exact) mass is 181 g/mol. The van der Waals surface area contributed by atoms with E-state index in [9.17, 15) is 0 Å². The molecule has 0 bridgehead atoms. The highest BCUT2D eigenvalue weighted by molar-refractivity contribution is 4.93. The van der Waals surface area contributed by atoms with Crippen molar-refractivity contribution in [2.45, 2.75) is 44.8 Å². The number of hydrogen-bond donors (Lipinski definition) is 0. The van der Waals surface area contributed by atoms with E-state index in [2.05, 4.69) is 17.9 Å². The van der Waals surface area contributed by atoms with Gasteiger partial charge in [0.2, 0.25) is 0 Å². The summed E-state index contributed by atoms with van der Waals surface area (Å²) in [4.78, 5) is 2.59. The van der Waals surface area contributed by atoms with Crippen LogP contribution in [0.2, 0.25) is 0 Å². The number of hydrogen-bond acceptors (Lipinski definition) is 2. The molecule has 74 valence electrons. The molecule has 0 saturated carbocycles. The van der Waals surface area contributed by atoms with Crippen LogP contribution in [0.1, 0.15) is 32.6 Å². The summed E-state index contributed by atoms with van der Waals surface area (Å²) in [6, 6.07) is 0.650. The highest BCUT2D eigenvalue weighted by Gasteiger charge is 2.29. The van der Waals surface area contributed by atoms with Crippen LogP contribution in [-0.4, -0.2) is 30.1 Å². The third-order valence-corrected chi connectivity index (χ3v) is 3.18. The van der Waals surface area contributed by atoms with Crippen molar-refractivity contribution >= 4 is 0 Å². The molecule has 0 aromatic rings. The van der Waals surface area contributed by atoms with E-state index in [-0.39, 0.29) is 0 Å². The van der Waals surface area contributed by atoms with E-state index in [1.54, 1.807) is 0 Å². The Morgan fingerprint density at radius 1 is 1.46 bits per heavy atom. The quantitative estimate of drug-likeness (QED) is 0.661. The highest BCUT2D eigenvalue weighted by Crippen LogP contribution is 2.23.